The molecule has 0 bridgehead atoms. The predicted octanol–water partition coefficient (Wildman–Crippen LogP) is 5.29. The van der Waals surface area contributed by atoms with Crippen molar-refractivity contribution in [3.05, 3.63) is 63.2 Å². The number of halogens is 4. The minimum atomic E-state index is -5.08. The van der Waals surface area contributed by atoms with E-state index in [0.717, 1.165) is 42.4 Å². The van der Waals surface area contributed by atoms with E-state index in [2.05, 4.69) is 15.6 Å². The van der Waals surface area contributed by atoms with Crippen LogP contribution >= 0.6 is 11.6 Å². The number of aromatic nitrogens is 2. The second kappa shape index (κ2) is 13.4. The minimum absolute atomic E-state index is 0.0143. The molecule has 41 heavy (non-hydrogen) atoms. The van der Waals surface area contributed by atoms with Crippen LogP contribution in [0.2, 0.25) is 5.02 Å². The third-order valence-corrected chi connectivity index (χ3v) is 6.71. The summed E-state index contributed by atoms with van der Waals surface area (Å²) in [4.78, 5) is 43.2. The second-order valence-corrected chi connectivity index (χ2v) is 9.99. The number of nitro groups is 1. The van der Waals surface area contributed by atoms with Crippen LogP contribution in [-0.4, -0.2) is 64.7 Å². The molecular weight excluding hydrogens is 569 g/mol. The number of nitrogens with zero attached hydrogens (tertiary/aromatic N) is 4. The molecule has 1 aromatic heterocycles. The molecule has 220 valence electrons. The third kappa shape index (κ3) is 8.64. The lowest BCUT2D eigenvalue weighted by molar-refractivity contribution is -0.384. The number of fused-ring (bicyclic) bond motifs is 1. The molecule has 3 N–H and O–H groups in total. The van der Waals surface area contributed by atoms with Crippen LogP contribution in [0.15, 0.2) is 42.5 Å². The van der Waals surface area contributed by atoms with Crippen LogP contribution in [0, 0.1) is 16.0 Å². The van der Waals surface area contributed by atoms with E-state index in [0.29, 0.717) is 18.4 Å². The van der Waals surface area contributed by atoms with Gasteiger partial charge in [0.15, 0.2) is 0 Å². The van der Waals surface area contributed by atoms with Gasteiger partial charge in [0.25, 0.3) is 11.6 Å². The maximum atomic E-state index is 12.5. The lowest BCUT2D eigenvalue weighted by Gasteiger charge is -2.29. The number of carbonyl (C=O) groups excluding carboxylic acids is 1. The molecule has 0 aliphatic heterocycles. The zero-order chi connectivity index (χ0) is 30.3. The highest BCUT2D eigenvalue weighted by Gasteiger charge is 2.38. The lowest BCUT2D eigenvalue weighted by Crippen LogP contribution is -2.34. The van der Waals surface area contributed by atoms with Gasteiger partial charge in [0, 0.05) is 43.7 Å². The molecule has 1 saturated carbocycles. The first kappa shape index (κ1) is 31.3. The monoisotopic (exact) mass is 596 g/mol. The van der Waals surface area contributed by atoms with Crippen molar-refractivity contribution < 1.29 is 32.8 Å². The molecule has 0 unspecified atom stereocenters. The number of benzene rings is 2. The van der Waals surface area contributed by atoms with Gasteiger partial charge in [0.2, 0.25) is 5.95 Å². The van der Waals surface area contributed by atoms with E-state index in [1.165, 1.54) is 18.2 Å². The van der Waals surface area contributed by atoms with Gasteiger partial charge < -0.3 is 20.6 Å². The van der Waals surface area contributed by atoms with Crippen LogP contribution in [0.1, 0.15) is 36.0 Å². The number of carboxylic acid groups (broad SMARTS) is 1. The van der Waals surface area contributed by atoms with E-state index < -0.39 is 17.1 Å². The fourth-order valence-corrected chi connectivity index (χ4v) is 4.48. The third-order valence-electron chi connectivity index (χ3n) is 6.39. The number of aliphatic carboxylic acids is 1. The number of para-hydroxylation sites is 1. The van der Waals surface area contributed by atoms with E-state index in [1.54, 1.807) is 0 Å². The summed E-state index contributed by atoms with van der Waals surface area (Å²) in [7, 11) is 3.95. The van der Waals surface area contributed by atoms with Gasteiger partial charge in [-0.25, -0.2) is 9.78 Å². The average Bonchev–Trinajstić information content (AvgIpc) is 2.92. The van der Waals surface area contributed by atoms with Crippen molar-refractivity contribution in [2.24, 2.45) is 5.92 Å². The quantitative estimate of drug-likeness (QED) is 0.244. The Hall–Kier alpha value is -4.20. The van der Waals surface area contributed by atoms with Crippen LogP contribution in [-0.2, 0) is 4.79 Å². The van der Waals surface area contributed by atoms with E-state index in [-0.39, 0.29) is 28.2 Å². The fraction of sp³-hybridized carbons (Fsp3) is 0.385. The number of alkyl halides is 3. The summed E-state index contributed by atoms with van der Waals surface area (Å²) in [5.41, 5.74) is 0.869. The smallest absolute Gasteiger partial charge is 0.475 e. The molecule has 0 radical (unpaired) electrons. The molecule has 1 heterocycles. The Morgan fingerprint density at radius 3 is 2.34 bits per heavy atom. The Morgan fingerprint density at radius 1 is 1.12 bits per heavy atom. The summed E-state index contributed by atoms with van der Waals surface area (Å²) in [6.45, 7) is 0.527. The molecule has 0 atom stereocenters. The average molecular weight is 597 g/mol. The van der Waals surface area contributed by atoms with Crippen molar-refractivity contribution in [3.63, 3.8) is 0 Å². The summed E-state index contributed by atoms with van der Waals surface area (Å²) in [6, 6.07) is 12.3. The predicted molar refractivity (Wildman–Crippen MR) is 147 cm³/mol. The summed E-state index contributed by atoms with van der Waals surface area (Å²) in [6.07, 6.45) is -1.29. The zero-order valence-electron chi connectivity index (χ0n) is 22.1. The molecule has 2 aromatic carbocycles. The van der Waals surface area contributed by atoms with Gasteiger partial charge in [-0.3, -0.25) is 14.9 Å². The van der Waals surface area contributed by atoms with E-state index in [4.69, 9.17) is 26.5 Å². The number of hydrogen-bond acceptors (Lipinski definition) is 8. The summed E-state index contributed by atoms with van der Waals surface area (Å²) < 4.78 is 31.7. The number of carbonyl (C=O) groups is 2. The van der Waals surface area contributed by atoms with Crippen LogP contribution < -0.4 is 15.5 Å². The fourth-order valence-electron chi connectivity index (χ4n) is 4.29. The van der Waals surface area contributed by atoms with E-state index in [1.807, 2.05) is 43.3 Å². The maximum absolute atomic E-state index is 12.5. The topological polar surface area (TPSA) is 151 Å². The number of nitro benzene ring substituents is 1. The van der Waals surface area contributed by atoms with Crippen LogP contribution in [0.4, 0.5) is 30.6 Å². The molecule has 15 heteroatoms. The SMILES string of the molecule is CN(C)c1nc(NC2CCC(CNC(=O)c3ccc(Cl)c([N+](=O)[O-])c3)CC2)nc2ccccc12.O=C(O)C(F)(F)F. The molecule has 1 amide bonds. The highest BCUT2D eigenvalue weighted by atomic mass is 35.5. The highest BCUT2D eigenvalue weighted by Crippen LogP contribution is 2.29. The first-order valence-corrected chi connectivity index (χ1v) is 12.9. The number of carboxylic acids is 1. The molecule has 1 aliphatic rings. The largest absolute Gasteiger partial charge is 0.490 e. The maximum Gasteiger partial charge on any atom is 0.490 e. The van der Waals surface area contributed by atoms with Crippen molar-refractivity contribution in [2.75, 3.05) is 30.9 Å². The molecule has 1 aliphatic carbocycles. The van der Waals surface area contributed by atoms with Crippen molar-refractivity contribution in [1.82, 2.24) is 15.3 Å². The number of hydrogen-bond donors (Lipinski definition) is 3. The molecule has 0 saturated heterocycles. The molecule has 0 spiro atoms. The van der Waals surface area contributed by atoms with Gasteiger partial charge in [-0.05, 0) is 55.9 Å². The molecule has 1 fully saturated rings. The summed E-state index contributed by atoms with van der Waals surface area (Å²) in [5, 5.41) is 25.6. The minimum Gasteiger partial charge on any atom is -0.475 e. The van der Waals surface area contributed by atoms with Gasteiger partial charge in [0.1, 0.15) is 10.8 Å². The number of nitrogens with one attached hydrogen (secondary N) is 2. The Bertz CT molecular complexity index is 1410. The molecular formula is C26H28ClF3N6O5. The van der Waals surface area contributed by atoms with Crippen LogP contribution in [0.5, 0.6) is 0 Å². The van der Waals surface area contributed by atoms with Gasteiger partial charge in [0.05, 0.1) is 10.4 Å². The molecule has 4 rings (SSSR count). The molecule has 3 aromatic rings. The Balaban J connectivity index is 0.000000587. The van der Waals surface area contributed by atoms with Crippen molar-refractivity contribution in [1.29, 1.82) is 0 Å². The lowest BCUT2D eigenvalue weighted by atomic mass is 9.86. The van der Waals surface area contributed by atoms with E-state index in [9.17, 15) is 28.1 Å². The van der Waals surface area contributed by atoms with E-state index >= 15 is 0 Å². The number of anilines is 2. The van der Waals surface area contributed by atoms with Gasteiger partial charge in [-0.2, -0.15) is 18.2 Å². The van der Waals surface area contributed by atoms with Crippen molar-refractivity contribution in [2.45, 2.75) is 37.9 Å². The summed E-state index contributed by atoms with van der Waals surface area (Å²) in [5.74, 6) is -1.23. The Labute approximate surface area is 237 Å². The normalized spacial score (nSPS) is 16.7. The van der Waals surface area contributed by atoms with Gasteiger partial charge in [-0.1, -0.05) is 23.7 Å². The first-order valence-electron chi connectivity index (χ1n) is 12.5. The molecule has 11 nitrogen and oxygen atoms in total. The Morgan fingerprint density at radius 2 is 1.76 bits per heavy atom. The summed E-state index contributed by atoms with van der Waals surface area (Å²) >= 11 is 5.83. The highest BCUT2D eigenvalue weighted by molar-refractivity contribution is 6.32. The Kier molecular flexibility index (Phi) is 10.3. The van der Waals surface area contributed by atoms with Crippen molar-refractivity contribution >= 4 is 51.8 Å². The standard InChI is InChI=1S/C24H27ClN6O3.C2HF3O2/c1-30(2)22-18-5-3-4-6-20(18)28-24(29-22)27-17-10-7-15(8-11-17)14-26-23(32)16-9-12-19(25)21(13-16)31(33)34;3-2(4,5)1(6)7/h3-6,9,12-13,15,17H,7-8,10-11,14H2,1-2H3,(H,26,32)(H,27,28,29);(H,6,7). The van der Waals surface area contributed by atoms with Crippen molar-refractivity contribution in [3.8, 4) is 0 Å². The van der Waals surface area contributed by atoms with Crippen LogP contribution in [0.3, 0.4) is 0 Å². The number of amides is 1. The zero-order valence-corrected chi connectivity index (χ0v) is 22.9. The second-order valence-electron chi connectivity index (χ2n) is 9.58. The van der Waals surface area contributed by atoms with Crippen LogP contribution in [0.25, 0.3) is 10.9 Å². The van der Waals surface area contributed by atoms with Gasteiger partial charge in [-0.15, -0.1) is 0 Å². The van der Waals surface area contributed by atoms with Gasteiger partial charge >= 0.3 is 12.1 Å². The number of rotatable bonds is 7. The first-order chi connectivity index (χ1) is 19.3.